The van der Waals surface area contributed by atoms with Crippen molar-refractivity contribution >= 4 is 0 Å². The summed E-state index contributed by atoms with van der Waals surface area (Å²) in [6.45, 7) is 10.7. The number of aliphatic hydroxyl groups excluding tert-OH is 1. The smallest absolute Gasteiger partial charge is 0.0431 e. The lowest BCUT2D eigenvalue weighted by molar-refractivity contribution is -0.120. The van der Waals surface area contributed by atoms with Crippen molar-refractivity contribution in [1.82, 2.24) is 0 Å². The third-order valence-electron chi connectivity index (χ3n) is 10.5. The molecule has 9 atom stereocenters. The molecule has 0 radical (unpaired) electrons. The second-order valence-electron chi connectivity index (χ2n) is 11.6. The molecule has 0 heterocycles. The largest absolute Gasteiger partial charge is 0.396 e. The summed E-state index contributed by atoms with van der Waals surface area (Å²) < 4.78 is 0. The van der Waals surface area contributed by atoms with Crippen LogP contribution in [0.5, 0.6) is 0 Å². The quantitative estimate of drug-likeness (QED) is 0.592. The van der Waals surface area contributed by atoms with Crippen molar-refractivity contribution < 1.29 is 5.11 Å². The van der Waals surface area contributed by atoms with E-state index in [0.717, 1.165) is 47.8 Å². The first-order chi connectivity index (χ1) is 12.4. The topological polar surface area (TPSA) is 20.2 Å². The van der Waals surface area contributed by atoms with Gasteiger partial charge in [0.25, 0.3) is 0 Å². The molecule has 1 heteroatoms. The molecular formula is C25H44O. The zero-order valence-corrected chi connectivity index (χ0v) is 18.0. The molecule has 1 N–H and O–H groups in total. The third kappa shape index (κ3) is 2.90. The number of hydrogen-bond donors (Lipinski definition) is 1. The zero-order valence-electron chi connectivity index (χ0n) is 18.0. The molecule has 4 aliphatic carbocycles. The van der Waals surface area contributed by atoms with Gasteiger partial charge >= 0.3 is 0 Å². The highest BCUT2D eigenvalue weighted by atomic mass is 16.2. The van der Waals surface area contributed by atoms with Gasteiger partial charge in [0.2, 0.25) is 0 Å². The van der Waals surface area contributed by atoms with Crippen LogP contribution in [-0.4, -0.2) is 11.7 Å². The summed E-state index contributed by atoms with van der Waals surface area (Å²) in [5.41, 5.74) is 1.26. The molecule has 0 aromatic carbocycles. The number of aliphatic hydroxyl groups is 1. The first kappa shape index (κ1) is 19.3. The Balaban J connectivity index is 1.52. The van der Waals surface area contributed by atoms with Gasteiger partial charge in [-0.15, -0.1) is 0 Å². The highest BCUT2D eigenvalue weighted by Gasteiger charge is 2.60. The molecule has 0 aromatic heterocycles. The molecule has 9 unspecified atom stereocenters. The van der Waals surface area contributed by atoms with Crippen molar-refractivity contribution in [3.63, 3.8) is 0 Å². The molecule has 0 amide bonds. The molecular weight excluding hydrogens is 316 g/mol. The zero-order chi connectivity index (χ0) is 18.5. The molecule has 0 spiro atoms. The van der Waals surface area contributed by atoms with Crippen molar-refractivity contribution in [2.45, 2.75) is 98.3 Å². The summed E-state index contributed by atoms with van der Waals surface area (Å²) in [5, 5.41) is 9.27. The van der Waals surface area contributed by atoms with Crippen LogP contribution in [0.4, 0.5) is 0 Å². The second-order valence-corrected chi connectivity index (χ2v) is 11.6. The van der Waals surface area contributed by atoms with Crippen LogP contribution < -0.4 is 0 Å². The third-order valence-corrected chi connectivity index (χ3v) is 10.5. The Morgan fingerprint density at radius 1 is 0.923 bits per heavy atom. The molecule has 4 saturated carbocycles. The summed E-state index contributed by atoms with van der Waals surface area (Å²) in [6, 6.07) is 0. The van der Waals surface area contributed by atoms with Crippen LogP contribution in [0, 0.1) is 52.3 Å². The van der Waals surface area contributed by atoms with E-state index in [1.165, 1.54) is 64.2 Å². The van der Waals surface area contributed by atoms with Gasteiger partial charge in [-0.05, 0) is 116 Å². The van der Waals surface area contributed by atoms with Gasteiger partial charge in [0.1, 0.15) is 0 Å². The number of fused-ring (bicyclic) bond motifs is 5. The van der Waals surface area contributed by atoms with Crippen LogP contribution in [0.2, 0.25) is 0 Å². The van der Waals surface area contributed by atoms with Gasteiger partial charge in [0.05, 0.1) is 0 Å². The van der Waals surface area contributed by atoms with Gasteiger partial charge in [0.15, 0.2) is 0 Å². The molecule has 26 heavy (non-hydrogen) atoms. The Labute approximate surface area is 162 Å². The van der Waals surface area contributed by atoms with Gasteiger partial charge < -0.3 is 5.11 Å². The van der Waals surface area contributed by atoms with Gasteiger partial charge in [-0.1, -0.05) is 34.1 Å². The van der Waals surface area contributed by atoms with Gasteiger partial charge in [0, 0.05) is 6.61 Å². The summed E-state index contributed by atoms with van der Waals surface area (Å²) in [6.07, 6.45) is 15.8. The van der Waals surface area contributed by atoms with E-state index >= 15 is 0 Å². The molecule has 0 saturated heterocycles. The van der Waals surface area contributed by atoms with E-state index in [9.17, 15) is 5.11 Å². The van der Waals surface area contributed by atoms with Crippen molar-refractivity contribution in [2.75, 3.05) is 6.61 Å². The van der Waals surface area contributed by atoms with Crippen molar-refractivity contribution in [3.8, 4) is 0 Å². The predicted octanol–water partition coefficient (Wildman–Crippen LogP) is 6.69. The lowest BCUT2D eigenvalue weighted by Crippen LogP contribution is -2.53. The summed E-state index contributed by atoms with van der Waals surface area (Å²) in [5.74, 6) is 6.77. The second kappa shape index (κ2) is 7.09. The lowest BCUT2D eigenvalue weighted by Gasteiger charge is -2.61. The van der Waals surface area contributed by atoms with Crippen LogP contribution in [0.1, 0.15) is 98.3 Å². The maximum atomic E-state index is 9.27. The Bertz CT molecular complexity index is 500. The maximum Gasteiger partial charge on any atom is 0.0431 e. The van der Waals surface area contributed by atoms with E-state index in [1.807, 2.05) is 0 Å². The minimum Gasteiger partial charge on any atom is -0.396 e. The average molecular weight is 361 g/mol. The van der Waals surface area contributed by atoms with Crippen molar-refractivity contribution in [3.05, 3.63) is 0 Å². The first-order valence-corrected chi connectivity index (χ1v) is 12.0. The molecule has 0 aliphatic heterocycles. The normalized spacial score (nSPS) is 52.0. The predicted molar refractivity (Wildman–Crippen MR) is 110 cm³/mol. The minimum absolute atomic E-state index is 0.375. The minimum atomic E-state index is 0.375. The number of rotatable bonds is 4. The maximum absolute atomic E-state index is 9.27. The van der Waals surface area contributed by atoms with E-state index in [4.69, 9.17) is 0 Å². The van der Waals surface area contributed by atoms with E-state index in [1.54, 1.807) is 0 Å². The van der Waals surface area contributed by atoms with Crippen LogP contribution in [0.25, 0.3) is 0 Å². The van der Waals surface area contributed by atoms with Crippen LogP contribution in [0.15, 0.2) is 0 Å². The fourth-order valence-electron chi connectivity index (χ4n) is 9.06. The molecule has 1 nitrogen and oxygen atoms in total. The Kier molecular flexibility index (Phi) is 5.26. The summed E-state index contributed by atoms with van der Waals surface area (Å²) in [7, 11) is 0. The van der Waals surface area contributed by atoms with E-state index in [2.05, 4.69) is 27.7 Å². The molecule has 0 aromatic rings. The van der Waals surface area contributed by atoms with E-state index in [-0.39, 0.29) is 0 Å². The fourth-order valence-corrected chi connectivity index (χ4v) is 9.06. The molecule has 4 aliphatic rings. The van der Waals surface area contributed by atoms with Crippen LogP contribution in [0.3, 0.4) is 0 Å². The summed E-state index contributed by atoms with van der Waals surface area (Å²) >= 11 is 0. The SMILES string of the molecule is CC1CCC2(C)C(CCC3C2CCC2(C)C(C(C)CCCO)CCC32)C1. The lowest BCUT2D eigenvalue weighted by atomic mass is 9.44. The molecule has 4 rings (SSSR count). The highest BCUT2D eigenvalue weighted by molar-refractivity contribution is 5.09. The van der Waals surface area contributed by atoms with Crippen molar-refractivity contribution in [1.29, 1.82) is 0 Å². The van der Waals surface area contributed by atoms with Crippen molar-refractivity contribution in [2.24, 2.45) is 52.3 Å². The molecule has 150 valence electrons. The van der Waals surface area contributed by atoms with Crippen LogP contribution >= 0.6 is 0 Å². The molecule has 0 bridgehead atoms. The van der Waals surface area contributed by atoms with Gasteiger partial charge in [-0.3, -0.25) is 0 Å². The average Bonchev–Trinajstić information content (AvgIpc) is 2.97. The first-order valence-electron chi connectivity index (χ1n) is 12.0. The fraction of sp³-hybridized carbons (Fsp3) is 1.00. The highest BCUT2D eigenvalue weighted by Crippen LogP contribution is 2.68. The number of hydrogen-bond acceptors (Lipinski definition) is 1. The van der Waals surface area contributed by atoms with Gasteiger partial charge in [-0.25, -0.2) is 0 Å². The Hall–Kier alpha value is -0.0400. The Morgan fingerprint density at radius 3 is 2.42 bits per heavy atom. The summed E-state index contributed by atoms with van der Waals surface area (Å²) in [4.78, 5) is 0. The van der Waals surface area contributed by atoms with E-state index in [0.29, 0.717) is 17.4 Å². The van der Waals surface area contributed by atoms with Crippen LogP contribution in [-0.2, 0) is 0 Å². The molecule has 4 fully saturated rings. The Morgan fingerprint density at radius 2 is 1.65 bits per heavy atom. The standard InChI is InChI=1S/C25H44O/c1-17-11-13-24(3)19(16-17)7-8-20-22-10-9-21(18(2)6-5-15-26)25(22,4)14-12-23(20)24/h17-23,26H,5-16H2,1-4H3. The van der Waals surface area contributed by atoms with E-state index < -0.39 is 0 Å². The monoisotopic (exact) mass is 360 g/mol. The van der Waals surface area contributed by atoms with Gasteiger partial charge in [-0.2, -0.15) is 0 Å².